The topological polar surface area (TPSA) is 37.0 Å². The van der Waals surface area contributed by atoms with Gasteiger partial charge in [-0.05, 0) is 12.8 Å². The van der Waals surface area contributed by atoms with Gasteiger partial charge < -0.3 is 0 Å². The van der Waals surface area contributed by atoms with Gasteiger partial charge in [0.1, 0.15) is 0 Å². The lowest BCUT2D eigenvalue weighted by Gasteiger charge is -1.82. The van der Waals surface area contributed by atoms with Crippen LogP contribution >= 0.6 is 0 Å². The highest BCUT2D eigenvalue weighted by atomic mass is 16.4. The lowest BCUT2D eigenvalue weighted by molar-refractivity contribution is -0.142. The largest absolute Gasteiger partial charge is 0.355 e. The van der Waals surface area contributed by atoms with Gasteiger partial charge in [-0.1, -0.05) is 19.1 Å². The molecule has 2 nitrogen and oxygen atoms in total. The standard InChI is InChI=1S/C7H11O2/c1-2-3-4-5-6-7(8)9/h3-4H,2,5-6H2,1H3. The Morgan fingerprint density at radius 1 is 1.44 bits per heavy atom. The zero-order valence-electron chi connectivity index (χ0n) is 5.59. The fourth-order valence-corrected chi connectivity index (χ4v) is 0.486. The average molecular weight is 127 g/mol. The van der Waals surface area contributed by atoms with Crippen LogP contribution in [0.4, 0.5) is 0 Å². The van der Waals surface area contributed by atoms with E-state index in [-0.39, 0.29) is 6.42 Å². The van der Waals surface area contributed by atoms with Crippen LogP contribution in [-0.4, -0.2) is 5.97 Å². The first-order valence-electron chi connectivity index (χ1n) is 3.12. The zero-order valence-corrected chi connectivity index (χ0v) is 5.59. The molecule has 0 aromatic heterocycles. The summed E-state index contributed by atoms with van der Waals surface area (Å²) in [5.41, 5.74) is 0. The predicted octanol–water partition coefficient (Wildman–Crippen LogP) is 1.69. The number of rotatable bonds is 4. The minimum Gasteiger partial charge on any atom is -0.247 e. The molecule has 51 valence electrons. The molecule has 0 fully saturated rings. The first kappa shape index (κ1) is 8.21. The van der Waals surface area contributed by atoms with E-state index < -0.39 is 5.97 Å². The SMILES string of the molecule is CCC=CCCC([O])=O. The molecule has 2 heteroatoms. The highest BCUT2D eigenvalue weighted by Gasteiger charge is 1.93. The fourth-order valence-electron chi connectivity index (χ4n) is 0.486. The highest BCUT2D eigenvalue weighted by Crippen LogP contribution is 1.91. The molecular formula is C7H11O2. The molecule has 0 heterocycles. The second-order valence-electron chi connectivity index (χ2n) is 1.79. The number of hydrogen-bond acceptors (Lipinski definition) is 1. The van der Waals surface area contributed by atoms with Gasteiger partial charge in [0.05, 0.1) is 6.42 Å². The zero-order chi connectivity index (χ0) is 7.11. The van der Waals surface area contributed by atoms with Crippen molar-refractivity contribution in [3.05, 3.63) is 12.2 Å². The lowest BCUT2D eigenvalue weighted by Crippen LogP contribution is -1.88. The van der Waals surface area contributed by atoms with E-state index in [0.29, 0.717) is 6.42 Å². The summed E-state index contributed by atoms with van der Waals surface area (Å²) in [6, 6.07) is 0. The monoisotopic (exact) mass is 127 g/mol. The van der Waals surface area contributed by atoms with Gasteiger partial charge in [0, 0.05) is 0 Å². The van der Waals surface area contributed by atoms with Gasteiger partial charge in [-0.15, -0.1) is 0 Å². The van der Waals surface area contributed by atoms with Crippen molar-refractivity contribution in [3.8, 4) is 0 Å². The summed E-state index contributed by atoms with van der Waals surface area (Å²) in [5, 5.41) is 9.82. The molecule has 0 aliphatic rings. The molecule has 0 atom stereocenters. The highest BCUT2D eigenvalue weighted by molar-refractivity contribution is 5.66. The van der Waals surface area contributed by atoms with Crippen LogP contribution < -0.4 is 0 Å². The summed E-state index contributed by atoms with van der Waals surface area (Å²) in [7, 11) is 0. The first-order valence-corrected chi connectivity index (χ1v) is 3.12. The Bertz CT molecular complexity index is 105. The van der Waals surface area contributed by atoms with E-state index in [1.54, 1.807) is 0 Å². The van der Waals surface area contributed by atoms with Crippen molar-refractivity contribution >= 4 is 5.97 Å². The third kappa shape index (κ3) is 7.21. The smallest absolute Gasteiger partial charge is 0.247 e. The Kier molecular flexibility index (Phi) is 4.88. The summed E-state index contributed by atoms with van der Waals surface area (Å²) in [5.74, 6) is -0.976. The Morgan fingerprint density at radius 3 is 2.56 bits per heavy atom. The maximum absolute atomic E-state index is 9.82. The van der Waals surface area contributed by atoms with Crippen LogP contribution in [-0.2, 0) is 9.90 Å². The molecule has 0 rings (SSSR count). The molecule has 0 bridgehead atoms. The van der Waals surface area contributed by atoms with Crippen molar-refractivity contribution in [1.29, 1.82) is 0 Å². The van der Waals surface area contributed by atoms with Crippen molar-refractivity contribution in [1.82, 2.24) is 0 Å². The van der Waals surface area contributed by atoms with Crippen LogP contribution in [0.5, 0.6) is 0 Å². The van der Waals surface area contributed by atoms with Crippen LogP contribution in [0, 0.1) is 0 Å². The maximum Gasteiger partial charge on any atom is 0.355 e. The molecule has 9 heavy (non-hydrogen) atoms. The number of carbonyl (C=O) groups is 1. The van der Waals surface area contributed by atoms with Crippen LogP contribution in [0.1, 0.15) is 26.2 Å². The van der Waals surface area contributed by atoms with Crippen molar-refractivity contribution in [2.24, 2.45) is 0 Å². The van der Waals surface area contributed by atoms with Gasteiger partial charge in [0.25, 0.3) is 0 Å². The van der Waals surface area contributed by atoms with Crippen molar-refractivity contribution in [3.63, 3.8) is 0 Å². The van der Waals surface area contributed by atoms with E-state index in [1.165, 1.54) is 0 Å². The summed E-state index contributed by atoms with van der Waals surface area (Å²) in [4.78, 5) is 9.82. The molecule has 0 aliphatic carbocycles. The van der Waals surface area contributed by atoms with Gasteiger partial charge in [-0.3, -0.25) is 0 Å². The van der Waals surface area contributed by atoms with Crippen molar-refractivity contribution < 1.29 is 9.90 Å². The van der Waals surface area contributed by atoms with Crippen LogP contribution in [0.3, 0.4) is 0 Å². The second-order valence-corrected chi connectivity index (χ2v) is 1.79. The quantitative estimate of drug-likeness (QED) is 0.529. The molecule has 0 N–H and O–H groups in total. The van der Waals surface area contributed by atoms with Gasteiger partial charge in [0.15, 0.2) is 0 Å². The van der Waals surface area contributed by atoms with Crippen LogP contribution in [0.2, 0.25) is 0 Å². The van der Waals surface area contributed by atoms with Gasteiger partial charge in [-0.2, -0.15) is 0 Å². The van der Waals surface area contributed by atoms with Gasteiger partial charge >= 0.3 is 5.97 Å². The molecule has 0 aliphatic heterocycles. The van der Waals surface area contributed by atoms with Crippen molar-refractivity contribution in [2.45, 2.75) is 26.2 Å². The molecule has 0 saturated heterocycles. The average Bonchev–Trinajstić information content (AvgIpc) is 1.80. The molecule has 1 radical (unpaired) electrons. The van der Waals surface area contributed by atoms with E-state index in [9.17, 15) is 9.90 Å². The van der Waals surface area contributed by atoms with Crippen LogP contribution in [0.25, 0.3) is 0 Å². The molecule has 0 aromatic carbocycles. The Hall–Kier alpha value is -0.790. The molecule has 0 saturated carbocycles. The Labute approximate surface area is 55.2 Å². The molecule has 0 unspecified atom stereocenters. The minimum absolute atomic E-state index is 0.135. The molecule has 0 amide bonds. The van der Waals surface area contributed by atoms with E-state index in [0.717, 1.165) is 6.42 Å². The third-order valence-corrected chi connectivity index (χ3v) is 0.917. The fraction of sp³-hybridized carbons (Fsp3) is 0.571. The summed E-state index contributed by atoms with van der Waals surface area (Å²) in [6.45, 7) is 2.01. The van der Waals surface area contributed by atoms with E-state index >= 15 is 0 Å². The summed E-state index contributed by atoms with van der Waals surface area (Å²) < 4.78 is 0. The predicted molar refractivity (Wildman–Crippen MR) is 34.4 cm³/mol. The second kappa shape index (κ2) is 5.35. The lowest BCUT2D eigenvalue weighted by atomic mass is 10.3. The number of allylic oxidation sites excluding steroid dienone is 2. The molecule has 0 aromatic rings. The Balaban J connectivity index is 3.09. The summed E-state index contributed by atoms with van der Waals surface area (Å²) in [6.07, 6.45) is 5.50. The van der Waals surface area contributed by atoms with E-state index in [2.05, 4.69) is 0 Å². The molecule has 0 spiro atoms. The molecular weight excluding hydrogens is 116 g/mol. The number of hydrogen-bond donors (Lipinski definition) is 0. The van der Waals surface area contributed by atoms with Crippen molar-refractivity contribution in [2.75, 3.05) is 0 Å². The van der Waals surface area contributed by atoms with Crippen LogP contribution in [0.15, 0.2) is 12.2 Å². The summed E-state index contributed by atoms with van der Waals surface area (Å²) >= 11 is 0. The first-order chi connectivity index (χ1) is 4.27. The number of carbonyl (C=O) groups excluding carboxylic acids is 1. The normalized spacial score (nSPS) is 10.3. The maximum atomic E-state index is 9.82. The Morgan fingerprint density at radius 2 is 2.11 bits per heavy atom. The third-order valence-electron chi connectivity index (χ3n) is 0.917. The van der Waals surface area contributed by atoms with Gasteiger partial charge in [-0.25, -0.2) is 9.90 Å². The van der Waals surface area contributed by atoms with E-state index in [1.807, 2.05) is 19.1 Å². The van der Waals surface area contributed by atoms with Gasteiger partial charge in [0.2, 0.25) is 0 Å². The van der Waals surface area contributed by atoms with E-state index in [4.69, 9.17) is 0 Å². The minimum atomic E-state index is -0.976.